The van der Waals surface area contributed by atoms with Crippen LogP contribution in [0.1, 0.15) is 40.0 Å². The van der Waals surface area contributed by atoms with E-state index in [0.717, 1.165) is 44.7 Å². The van der Waals surface area contributed by atoms with Crippen molar-refractivity contribution in [2.45, 2.75) is 51.7 Å². The molecular weight excluding hydrogens is 252 g/mol. The molecule has 2 fully saturated rings. The van der Waals surface area contributed by atoms with Crippen LogP contribution in [0.4, 0.5) is 0 Å². The van der Waals surface area contributed by atoms with Crippen LogP contribution in [0.5, 0.6) is 0 Å². The van der Waals surface area contributed by atoms with Crippen molar-refractivity contribution >= 4 is 0 Å². The number of aliphatic hydroxyl groups is 1. The van der Waals surface area contributed by atoms with Crippen LogP contribution < -0.4 is 5.32 Å². The number of nitrogens with zero attached hydrogens (tertiary/aromatic N) is 1. The predicted molar refractivity (Wildman–Crippen MR) is 81.9 cm³/mol. The molecule has 2 N–H and O–H groups in total. The second kappa shape index (κ2) is 7.21. The van der Waals surface area contributed by atoms with Crippen molar-refractivity contribution in [3.8, 4) is 0 Å². The summed E-state index contributed by atoms with van der Waals surface area (Å²) in [6, 6.07) is 0.572. The first-order valence-electron chi connectivity index (χ1n) is 8.22. The van der Waals surface area contributed by atoms with E-state index in [1.54, 1.807) is 0 Å². The van der Waals surface area contributed by atoms with Crippen LogP contribution in [0, 0.1) is 11.8 Å². The Morgan fingerprint density at radius 1 is 1.25 bits per heavy atom. The summed E-state index contributed by atoms with van der Waals surface area (Å²) in [6.45, 7) is 11.5. The zero-order valence-electron chi connectivity index (χ0n) is 13.4. The average molecular weight is 284 g/mol. The van der Waals surface area contributed by atoms with Crippen LogP contribution in [0.3, 0.4) is 0 Å². The third-order valence-electron chi connectivity index (χ3n) is 4.84. The predicted octanol–water partition coefficient (Wildman–Crippen LogP) is 1.48. The molecule has 0 unspecified atom stereocenters. The molecule has 1 heterocycles. The minimum absolute atomic E-state index is 0.572. The normalized spacial score (nSPS) is 35.7. The molecule has 20 heavy (non-hydrogen) atoms. The molecule has 0 spiro atoms. The highest BCUT2D eigenvalue weighted by Gasteiger charge is 2.29. The quantitative estimate of drug-likeness (QED) is 0.803. The second-order valence-corrected chi connectivity index (χ2v) is 7.27. The van der Waals surface area contributed by atoms with Crippen LogP contribution in [0.25, 0.3) is 0 Å². The van der Waals surface area contributed by atoms with E-state index < -0.39 is 5.60 Å². The molecule has 118 valence electrons. The fourth-order valence-corrected chi connectivity index (χ4v) is 3.62. The van der Waals surface area contributed by atoms with Gasteiger partial charge in [0, 0.05) is 32.2 Å². The van der Waals surface area contributed by atoms with Crippen LogP contribution in [0.15, 0.2) is 0 Å². The molecule has 1 aliphatic carbocycles. The number of nitrogens with one attached hydrogen (secondary N) is 1. The summed E-state index contributed by atoms with van der Waals surface area (Å²) in [6.07, 6.45) is 3.87. The smallest absolute Gasteiger partial charge is 0.0869 e. The van der Waals surface area contributed by atoms with Gasteiger partial charge in [0.2, 0.25) is 0 Å². The number of ether oxygens (including phenoxy) is 1. The lowest BCUT2D eigenvalue weighted by Crippen LogP contribution is -2.53. The minimum atomic E-state index is -0.653. The van der Waals surface area contributed by atoms with E-state index in [0.29, 0.717) is 12.6 Å². The molecular formula is C16H32N2O2. The van der Waals surface area contributed by atoms with Crippen LogP contribution >= 0.6 is 0 Å². The Balaban J connectivity index is 1.73. The molecule has 4 nitrogen and oxygen atoms in total. The molecule has 0 aromatic carbocycles. The molecule has 0 aromatic heterocycles. The summed E-state index contributed by atoms with van der Waals surface area (Å²) in [5.41, 5.74) is -0.653. The number of hydrogen-bond donors (Lipinski definition) is 2. The number of rotatable bonds is 5. The van der Waals surface area contributed by atoms with Crippen molar-refractivity contribution in [1.29, 1.82) is 0 Å². The monoisotopic (exact) mass is 284 g/mol. The van der Waals surface area contributed by atoms with E-state index in [9.17, 15) is 5.11 Å². The number of hydrogen-bond acceptors (Lipinski definition) is 4. The number of β-amino-alcohol motifs (C(OH)–C–C–N with tert-alkyl or cyclic N) is 1. The summed E-state index contributed by atoms with van der Waals surface area (Å²) in [7, 11) is 0. The Kier molecular flexibility index (Phi) is 5.84. The van der Waals surface area contributed by atoms with E-state index in [1.807, 2.05) is 6.92 Å². The largest absolute Gasteiger partial charge is 0.388 e. The summed E-state index contributed by atoms with van der Waals surface area (Å²) < 4.78 is 5.35. The van der Waals surface area contributed by atoms with E-state index in [4.69, 9.17) is 4.74 Å². The van der Waals surface area contributed by atoms with Gasteiger partial charge in [-0.1, -0.05) is 13.8 Å². The van der Waals surface area contributed by atoms with Crippen molar-refractivity contribution in [3.05, 3.63) is 0 Å². The summed E-state index contributed by atoms with van der Waals surface area (Å²) >= 11 is 0. The van der Waals surface area contributed by atoms with Gasteiger partial charge in [0.1, 0.15) is 0 Å². The highest BCUT2D eigenvalue weighted by atomic mass is 16.5. The first-order valence-corrected chi connectivity index (χ1v) is 8.22. The molecule has 1 saturated carbocycles. The van der Waals surface area contributed by atoms with E-state index in [1.165, 1.54) is 19.3 Å². The Labute approximate surface area is 123 Å². The van der Waals surface area contributed by atoms with Crippen LogP contribution in [0.2, 0.25) is 0 Å². The van der Waals surface area contributed by atoms with Gasteiger partial charge in [0.05, 0.1) is 18.8 Å². The molecule has 0 bridgehead atoms. The Morgan fingerprint density at radius 2 is 1.95 bits per heavy atom. The van der Waals surface area contributed by atoms with Crippen LogP contribution in [-0.4, -0.2) is 61.0 Å². The highest BCUT2D eigenvalue weighted by molar-refractivity contribution is 4.86. The van der Waals surface area contributed by atoms with E-state index in [2.05, 4.69) is 24.1 Å². The molecule has 2 rings (SSSR count). The summed E-state index contributed by atoms with van der Waals surface area (Å²) in [4.78, 5) is 2.30. The van der Waals surface area contributed by atoms with Gasteiger partial charge in [0.25, 0.3) is 0 Å². The Hall–Kier alpha value is -0.160. The molecule has 4 atom stereocenters. The fourth-order valence-electron chi connectivity index (χ4n) is 3.62. The average Bonchev–Trinajstić information content (AvgIpc) is 2.38. The van der Waals surface area contributed by atoms with Crippen molar-refractivity contribution in [2.75, 3.05) is 39.4 Å². The Bertz CT molecular complexity index is 290. The summed E-state index contributed by atoms with van der Waals surface area (Å²) in [5, 5.41) is 14.2. The third-order valence-corrected chi connectivity index (χ3v) is 4.84. The molecule has 1 saturated heterocycles. The maximum atomic E-state index is 10.6. The van der Waals surface area contributed by atoms with Gasteiger partial charge < -0.3 is 15.2 Å². The molecule has 0 radical (unpaired) electrons. The van der Waals surface area contributed by atoms with E-state index in [-0.39, 0.29) is 0 Å². The van der Waals surface area contributed by atoms with Gasteiger partial charge in [-0.05, 0) is 38.0 Å². The molecule has 4 heteroatoms. The first-order chi connectivity index (χ1) is 9.46. The second-order valence-electron chi connectivity index (χ2n) is 7.27. The van der Waals surface area contributed by atoms with Gasteiger partial charge in [-0.25, -0.2) is 0 Å². The van der Waals surface area contributed by atoms with Gasteiger partial charge >= 0.3 is 0 Å². The fraction of sp³-hybridized carbons (Fsp3) is 1.00. The zero-order valence-corrected chi connectivity index (χ0v) is 13.4. The maximum absolute atomic E-state index is 10.6. The lowest BCUT2D eigenvalue weighted by Gasteiger charge is -2.38. The third kappa shape index (κ3) is 4.99. The molecule has 1 aliphatic heterocycles. The van der Waals surface area contributed by atoms with Crippen LogP contribution in [-0.2, 0) is 4.74 Å². The maximum Gasteiger partial charge on any atom is 0.0869 e. The van der Waals surface area contributed by atoms with Crippen molar-refractivity contribution in [2.24, 2.45) is 11.8 Å². The molecule has 2 aliphatic rings. The van der Waals surface area contributed by atoms with Gasteiger partial charge in [-0.15, -0.1) is 0 Å². The van der Waals surface area contributed by atoms with E-state index >= 15 is 0 Å². The lowest BCUT2D eigenvalue weighted by molar-refractivity contribution is -0.0242. The van der Waals surface area contributed by atoms with Gasteiger partial charge in [0.15, 0.2) is 0 Å². The summed E-state index contributed by atoms with van der Waals surface area (Å²) in [5.74, 6) is 1.58. The molecule has 0 amide bonds. The van der Waals surface area contributed by atoms with Crippen molar-refractivity contribution in [3.63, 3.8) is 0 Å². The van der Waals surface area contributed by atoms with Gasteiger partial charge in [-0.2, -0.15) is 0 Å². The van der Waals surface area contributed by atoms with Crippen molar-refractivity contribution < 1.29 is 9.84 Å². The highest BCUT2D eigenvalue weighted by Crippen LogP contribution is 2.28. The van der Waals surface area contributed by atoms with Crippen molar-refractivity contribution in [1.82, 2.24) is 10.2 Å². The zero-order chi connectivity index (χ0) is 14.6. The standard InChI is InChI=1S/C16H32N2O2/c1-13-4-5-15(14(2)10-13)17-11-16(3,19)12-18-6-8-20-9-7-18/h13-15,17,19H,4-12H2,1-3H3/t13-,14-,15+,16+/m1/s1. The number of morpholine rings is 1. The van der Waals surface area contributed by atoms with Gasteiger partial charge in [-0.3, -0.25) is 4.90 Å². The minimum Gasteiger partial charge on any atom is -0.388 e. The SMILES string of the molecule is C[C@@H]1CC[C@H](NC[C@](C)(O)CN2CCOCC2)[C@H](C)C1. The molecule has 0 aromatic rings. The Morgan fingerprint density at radius 3 is 2.60 bits per heavy atom. The first kappa shape index (κ1) is 16.2. The topological polar surface area (TPSA) is 44.7 Å². The lowest BCUT2D eigenvalue weighted by atomic mass is 9.79.